The molecule has 4 nitrogen and oxygen atoms in total. The van der Waals surface area contributed by atoms with Gasteiger partial charge < -0.3 is 9.67 Å². The molecule has 4 heteroatoms. The zero-order valence-electron chi connectivity index (χ0n) is 7.53. The Kier molecular flexibility index (Phi) is 1.83. The van der Waals surface area contributed by atoms with Gasteiger partial charge >= 0.3 is 5.97 Å². The van der Waals surface area contributed by atoms with E-state index in [2.05, 4.69) is 4.98 Å². The van der Waals surface area contributed by atoms with E-state index >= 15 is 0 Å². The Morgan fingerprint density at radius 2 is 2.54 bits per heavy atom. The fraction of sp³-hybridized carbons (Fsp3) is 0.556. The minimum absolute atomic E-state index is 0.397. The molecule has 70 valence electrons. The highest BCUT2D eigenvalue weighted by Gasteiger charge is 2.26. The van der Waals surface area contributed by atoms with Gasteiger partial charge in [0.05, 0.1) is 0 Å². The van der Waals surface area contributed by atoms with Gasteiger partial charge in [0.25, 0.3) is 0 Å². The first-order chi connectivity index (χ1) is 6.20. The number of hydrogen-bond acceptors (Lipinski definition) is 2. The molecule has 0 aliphatic carbocycles. The lowest BCUT2D eigenvalue weighted by atomic mass is 10.0. The number of hydrogen-bond donors (Lipinski definition) is 1. The third-order valence-corrected chi connectivity index (χ3v) is 2.53. The molecule has 0 amide bonds. The summed E-state index contributed by atoms with van der Waals surface area (Å²) >= 11 is 0. The molecule has 1 atom stereocenters. The van der Waals surface area contributed by atoms with E-state index in [1.807, 2.05) is 11.5 Å². The molecule has 0 fully saturated rings. The van der Waals surface area contributed by atoms with E-state index in [1.54, 1.807) is 6.20 Å². The van der Waals surface area contributed by atoms with Crippen LogP contribution in [-0.2, 0) is 11.2 Å². The predicted octanol–water partition coefficient (Wildman–Crippen LogP) is 1.15. The molecule has 2 rings (SSSR count). The Labute approximate surface area is 76.2 Å². The normalized spacial score (nSPS) is 21.2. The molecule has 0 saturated carbocycles. The molecule has 1 N–H and O–H groups in total. The lowest BCUT2D eigenvalue weighted by Crippen LogP contribution is -2.25. The van der Waals surface area contributed by atoms with Gasteiger partial charge in [0, 0.05) is 18.3 Å². The zero-order valence-corrected chi connectivity index (χ0v) is 7.53. The monoisotopic (exact) mass is 180 g/mol. The summed E-state index contributed by atoms with van der Waals surface area (Å²) in [7, 11) is 0. The number of aryl methyl sites for hydroxylation is 2. The van der Waals surface area contributed by atoms with Crippen molar-refractivity contribution < 1.29 is 9.90 Å². The maximum atomic E-state index is 10.9. The van der Waals surface area contributed by atoms with Gasteiger partial charge in [-0.3, -0.25) is 0 Å². The Morgan fingerprint density at radius 3 is 3.23 bits per heavy atom. The summed E-state index contributed by atoms with van der Waals surface area (Å²) in [6.45, 7) is 1.90. The molecule has 0 saturated heterocycles. The Morgan fingerprint density at radius 1 is 1.77 bits per heavy atom. The molecule has 2 heterocycles. The van der Waals surface area contributed by atoms with Crippen LogP contribution < -0.4 is 0 Å². The summed E-state index contributed by atoms with van der Waals surface area (Å²) in [6, 6.07) is -0.397. The SMILES string of the molecule is Cc1cnc2n1C(C(=O)O)CCC2. The molecule has 0 spiro atoms. The smallest absolute Gasteiger partial charge is 0.326 e. The molecule has 0 bridgehead atoms. The van der Waals surface area contributed by atoms with Crippen LogP contribution in [-0.4, -0.2) is 20.6 Å². The summed E-state index contributed by atoms with van der Waals surface area (Å²) in [5, 5.41) is 8.98. The molecule has 0 aromatic carbocycles. The van der Waals surface area contributed by atoms with Crippen molar-refractivity contribution in [3.63, 3.8) is 0 Å². The topological polar surface area (TPSA) is 55.1 Å². The number of carboxylic acid groups (broad SMARTS) is 1. The van der Waals surface area contributed by atoms with Crippen molar-refractivity contribution in [1.29, 1.82) is 0 Å². The van der Waals surface area contributed by atoms with Gasteiger partial charge in [0.2, 0.25) is 0 Å². The van der Waals surface area contributed by atoms with Crippen molar-refractivity contribution >= 4 is 5.97 Å². The third kappa shape index (κ3) is 1.22. The molecule has 1 aliphatic rings. The second kappa shape index (κ2) is 2.87. The first kappa shape index (κ1) is 8.29. The maximum absolute atomic E-state index is 10.9. The van der Waals surface area contributed by atoms with Crippen LogP contribution in [0.2, 0.25) is 0 Å². The summed E-state index contributed by atoms with van der Waals surface area (Å²) < 4.78 is 1.84. The summed E-state index contributed by atoms with van der Waals surface area (Å²) in [5.74, 6) is 0.165. The van der Waals surface area contributed by atoms with E-state index in [0.29, 0.717) is 0 Å². The number of carboxylic acids is 1. The van der Waals surface area contributed by atoms with E-state index in [1.165, 1.54) is 0 Å². The molecule has 1 aliphatic heterocycles. The summed E-state index contributed by atoms with van der Waals surface area (Å²) in [6.07, 6.45) is 4.29. The lowest BCUT2D eigenvalue weighted by molar-refractivity contribution is -0.141. The fourth-order valence-corrected chi connectivity index (χ4v) is 1.92. The number of imidazole rings is 1. The number of fused-ring (bicyclic) bond motifs is 1. The number of aliphatic carboxylic acids is 1. The fourth-order valence-electron chi connectivity index (χ4n) is 1.92. The van der Waals surface area contributed by atoms with Crippen LogP contribution in [0.1, 0.15) is 30.4 Å². The van der Waals surface area contributed by atoms with E-state index in [4.69, 9.17) is 5.11 Å². The van der Waals surface area contributed by atoms with E-state index in [0.717, 1.165) is 30.8 Å². The van der Waals surface area contributed by atoms with E-state index in [-0.39, 0.29) is 0 Å². The van der Waals surface area contributed by atoms with Crippen LogP contribution in [0.5, 0.6) is 0 Å². The van der Waals surface area contributed by atoms with Gasteiger partial charge in [-0.05, 0) is 19.8 Å². The van der Waals surface area contributed by atoms with Gasteiger partial charge in [-0.2, -0.15) is 0 Å². The third-order valence-electron chi connectivity index (χ3n) is 2.53. The number of aromatic nitrogens is 2. The first-order valence-electron chi connectivity index (χ1n) is 4.45. The lowest BCUT2D eigenvalue weighted by Gasteiger charge is -2.22. The van der Waals surface area contributed by atoms with Crippen LogP contribution in [0.3, 0.4) is 0 Å². The molecular weight excluding hydrogens is 168 g/mol. The van der Waals surface area contributed by atoms with Crippen molar-refractivity contribution in [3.8, 4) is 0 Å². The van der Waals surface area contributed by atoms with Crippen molar-refractivity contribution in [3.05, 3.63) is 17.7 Å². The highest BCUT2D eigenvalue weighted by molar-refractivity contribution is 5.72. The second-order valence-electron chi connectivity index (χ2n) is 3.43. The van der Waals surface area contributed by atoms with Crippen LogP contribution in [0.25, 0.3) is 0 Å². The highest BCUT2D eigenvalue weighted by Crippen LogP contribution is 2.25. The van der Waals surface area contributed by atoms with Crippen LogP contribution in [0, 0.1) is 6.92 Å². The van der Waals surface area contributed by atoms with Crippen molar-refractivity contribution in [1.82, 2.24) is 9.55 Å². The number of rotatable bonds is 1. The van der Waals surface area contributed by atoms with Gasteiger partial charge in [-0.15, -0.1) is 0 Å². The second-order valence-corrected chi connectivity index (χ2v) is 3.43. The minimum atomic E-state index is -0.748. The highest BCUT2D eigenvalue weighted by atomic mass is 16.4. The van der Waals surface area contributed by atoms with Crippen LogP contribution in [0.15, 0.2) is 6.20 Å². The van der Waals surface area contributed by atoms with Crippen molar-refractivity contribution in [2.75, 3.05) is 0 Å². The predicted molar refractivity (Wildman–Crippen MR) is 46.6 cm³/mol. The van der Waals surface area contributed by atoms with Gasteiger partial charge in [-0.1, -0.05) is 0 Å². The molecular formula is C9H12N2O2. The average molecular weight is 180 g/mol. The zero-order chi connectivity index (χ0) is 9.42. The molecule has 1 aromatic heterocycles. The Bertz CT molecular complexity index is 343. The Balaban J connectivity index is 2.46. The number of nitrogens with zero attached hydrogens (tertiary/aromatic N) is 2. The quantitative estimate of drug-likeness (QED) is 0.705. The van der Waals surface area contributed by atoms with Gasteiger partial charge in [-0.25, -0.2) is 9.78 Å². The van der Waals surface area contributed by atoms with Gasteiger partial charge in [0.1, 0.15) is 11.9 Å². The van der Waals surface area contributed by atoms with Crippen molar-refractivity contribution in [2.24, 2.45) is 0 Å². The Hall–Kier alpha value is -1.32. The largest absolute Gasteiger partial charge is 0.480 e. The minimum Gasteiger partial charge on any atom is -0.480 e. The van der Waals surface area contributed by atoms with Gasteiger partial charge in [0.15, 0.2) is 0 Å². The maximum Gasteiger partial charge on any atom is 0.326 e. The summed E-state index contributed by atoms with van der Waals surface area (Å²) in [4.78, 5) is 15.1. The molecule has 1 unspecified atom stereocenters. The standard InChI is InChI=1S/C9H12N2O2/c1-6-5-10-8-4-2-3-7(9(12)13)11(6)8/h5,7H,2-4H2,1H3,(H,12,13). The van der Waals surface area contributed by atoms with Crippen molar-refractivity contribution in [2.45, 2.75) is 32.2 Å². The average Bonchev–Trinajstić information content (AvgIpc) is 2.48. The van der Waals surface area contributed by atoms with E-state index in [9.17, 15) is 4.79 Å². The number of carbonyl (C=O) groups is 1. The van der Waals surface area contributed by atoms with Crippen LogP contribution in [0.4, 0.5) is 0 Å². The molecule has 1 aromatic rings. The van der Waals surface area contributed by atoms with Crippen LogP contribution >= 0.6 is 0 Å². The molecule has 13 heavy (non-hydrogen) atoms. The van der Waals surface area contributed by atoms with E-state index < -0.39 is 12.0 Å². The summed E-state index contributed by atoms with van der Waals surface area (Å²) in [5.41, 5.74) is 0.946. The molecule has 0 radical (unpaired) electrons. The first-order valence-corrected chi connectivity index (χ1v) is 4.45.